The van der Waals surface area contributed by atoms with E-state index in [1.54, 1.807) is 18.1 Å². The Morgan fingerprint density at radius 2 is 1.91 bits per heavy atom. The Balaban J connectivity index is 1.96. The third-order valence-electron chi connectivity index (χ3n) is 4.27. The predicted octanol–water partition coefficient (Wildman–Crippen LogP) is 2.97. The maximum Gasteiger partial charge on any atom is 0.252 e. The highest BCUT2D eigenvalue weighted by atomic mass is 16.5. The quantitative estimate of drug-likeness (QED) is 0.864. The average Bonchev–Trinajstić information content (AvgIpc) is 2.78. The highest BCUT2D eigenvalue weighted by molar-refractivity contribution is 6.07. The number of nitrogens with two attached hydrogens (primary N) is 1. The van der Waals surface area contributed by atoms with Crippen molar-refractivity contribution in [3.63, 3.8) is 0 Å². The molecule has 0 saturated heterocycles. The maximum absolute atomic E-state index is 12.9. The molecule has 0 fully saturated rings. The van der Waals surface area contributed by atoms with E-state index in [1.165, 1.54) is 0 Å². The summed E-state index contributed by atoms with van der Waals surface area (Å²) in [5.74, 6) is 0.705. The summed E-state index contributed by atoms with van der Waals surface area (Å²) in [6.45, 7) is 4.22. The standard InChI is InChI=1S/C19H20N2O2/c1-3-12-19(20)16-6-4-5-7-17(16)21(18(19)22)13-14-8-10-15(23-2)11-9-14/h3-11H,1,12-13,20H2,2H3/t19-/m1/s1. The summed E-state index contributed by atoms with van der Waals surface area (Å²) in [5, 5.41) is 0. The van der Waals surface area contributed by atoms with Crippen molar-refractivity contribution in [1.29, 1.82) is 0 Å². The number of benzene rings is 2. The molecule has 23 heavy (non-hydrogen) atoms. The fraction of sp³-hybridized carbons (Fsp3) is 0.211. The Kier molecular flexibility index (Phi) is 3.92. The van der Waals surface area contributed by atoms with Gasteiger partial charge in [-0.1, -0.05) is 36.4 Å². The molecule has 0 unspecified atom stereocenters. The van der Waals surface area contributed by atoms with Crippen LogP contribution in [-0.2, 0) is 16.9 Å². The molecule has 0 radical (unpaired) electrons. The SMILES string of the molecule is C=CC[C@]1(N)C(=O)N(Cc2ccc(OC)cc2)c2ccccc21. The second-order valence-corrected chi connectivity index (χ2v) is 5.72. The Morgan fingerprint density at radius 1 is 1.22 bits per heavy atom. The molecule has 4 nitrogen and oxygen atoms in total. The van der Waals surface area contributed by atoms with E-state index in [0.29, 0.717) is 13.0 Å². The molecule has 2 aromatic rings. The number of ether oxygens (including phenoxy) is 1. The van der Waals surface area contributed by atoms with Crippen molar-refractivity contribution < 1.29 is 9.53 Å². The van der Waals surface area contributed by atoms with E-state index in [9.17, 15) is 4.79 Å². The highest BCUT2D eigenvalue weighted by Gasteiger charge is 2.46. The van der Waals surface area contributed by atoms with Gasteiger partial charge >= 0.3 is 0 Å². The number of rotatable bonds is 5. The van der Waals surface area contributed by atoms with Crippen LogP contribution in [0.5, 0.6) is 5.75 Å². The molecule has 118 valence electrons. The summed E-state index contributed by atoms with van der Waals surface area (Å²) in [4.78, 5) is 14.7. The number of anilines is 1. The molecule has 0 aliphatic carbocycles. The van der Waals surface area contributed by atoms with Crippen LogP contribution < -0.4 is 15.4 Å². The van der Waals surface area contributed by atoms with E-state index in [-0.39, 0.29) is 5.91 Å². The Bertz CT molecular complexity index is 739. The van der Waals surface area contributed by atoms with Crippen LogP contribution in [0.15, 0.2) is 61.2 Å². The number of para-hydroxylation sites is 1. The van der Waals surface area contributed by atoms with Crippen molar-refractivity contribution in [2.45, 2.75) is 18.5 Å². The molecular formula is C19H20N2O2. The van der Waals surface area contributed by atoms with E-state index < -0.39 is 5.54 Å². The summed E-state index contributed by atoms with van der Waals surface area (Å²) in [6.07, 6.45) is 2.12. The zero-order valence-corrected chi connectivity index (χ0v) is 13.2. The molecule has 2 aromatic carbocycles. The van der Waals surface area contributed by atoms with Gasteiger partial charge in [0, 0.05) is 11.3 Å². The van der Waals surface area contributed by atoms with Crippen molar-refractivity contribution in [2.75, 3.05) is 12.0 Å². The minimum Gasteiger partial charge on any atom is -0.497 e. The van der Waals surface area contributed by atoms with Crippen LogP contribution in [0.2, 0.25) is 0 Å². The van der Waals surface area contributed by atoms with Crippen molar-refractivity contribution in [1.82, 2.24) is 0 Å². The van der Waals surface area contributed by atoms with Gasteiger partial charge in [0.15, 0.2) is 0 Å². The molecular weight excluding hydrogens is 288 g/mol. The van der Waals surface area contributed by atoms with Gasteiger partial charge in [-0.25, -0.2) is 0 Å². The summed E-state index contributed by atoms with van der Waals surface area (Å²) >= 11 is 0. The lowest BCUT2D eigenvalue weighted by molar-refractivity contribution is -0.123. The Hall–Kier alpha value is -2.59. The highest BCUT2D eigenvalue weighted by Crippen LogP contribution is 2.41. The first kappa shape index (κ1) is 15.3. The zero-order valence-electron chi connectivity index (χ0n) is 13.2. The van der Waals surface area contributed by atoms with Gasteiger partial charge in [-0.15, -0.1) is 6.58 Å². The smallest absolute Gasteiger partial charge is 0.252 e. The molecule has 0 bridgehead atoms. The first-order valence-electron chi connectivity index (χ1n) is 7.54. The second-order valence-electron chi connectivity index (χ2n) is 5.72. The summed E-state index contributed by atoms with van der Waals surface area (Å²) in [5.41, 5.74) is 8.17. The van der Waals surface area contributed by atoms with Crippen LogP contribution in [0.3, 0.4) is 0 Å². The summed E-state index contributed by atoms with van der Waals surface area (Å²) < 4.78 is 5.17. The zero-order chi connectivity index (χ0) is 16.4. The topological polar surface area (TPSA) is 55.6 Å². The van der Waals surface area contributed by atoms with Crippen LogP contribution in [0, 0.1) is 0 Å². The summed E-state index contributed by atoms with van der Waals surface area (Å²) in [6, 6.07) is 15.4. The predicted molar refractivity (Wildman–Crippen MR) is 91.3 cm³/mol. The van der Waals surface area contributed by atoms with Crippen molar-refractivity contribution in [3.05, 3.63) is 72.3 Å². The molecule has 2 N–H and O–H groups in total. The molecule has 0 aromatic heterocycles. The molecule has 1 atom stereocenters. The van der Waals surface area contributed by atoms with Crippen LogP contribution >= 0.6 is 0 Å². The van der Waals surface area contributed by atoms with Crippen LogP contribution in [0.25, 0.3) is 0 Å². The summed E-state index contributed by atoms with van der Waals surface area (Å²) in [7, 11) is 1.63. The molecule has 3 rings (SSSR count). The monoisotopic (exact) mass is 308 g/mol. The Labute approximate surface area is 136 Å². The second kappa shape index (κ2) is 5.89. The number of nitrogens with zero attached hydrogens (tertiary/aromatic N) is 1. The van der Waals surface area contributed by atoms with Gasteiger partial charge in [0.1, 0.15) is 11.3 Å². The molecule has 1 aliphatic rings. The molecule has 0 spiro atoms. The van der Waals surface area contributed by atoms with Crippen LogP contribution in [0.1, 0.15) is 17.5 Å². The van der Waals surface area contributed by atoms with Crippen molar-refractivity contribution >= 4 is 11.6 Å². The average molecular weight is 308 g/mol. The van der Waals surface area contributed by atoms with Gasteiger partial charge in [0.05, 0.1) is 13.7 Å². The van der Waals surface area contributed by atoms with E-state index in [0.717, 1.165) is 22.6 Å². The lowest BCUT2D eigenvalue weighted by Crippen LogP contribution is -2.46. The van der Waals surface area contributed by atoms with E-state index in [1.807, 2.05) is 48.5 Å². The fourth-order valence-electron chi connectivity index (χ4n) is 3.05. The Morgan fingerprint density at radius 3 is 2.57 bits per heavy atom. The minimum absolute atomic E-state index is 0.0885. The lowest BCUT2D eigenvalue weighted by atomic mass is 9.89. The van der Waals surface area contributed by atoms with E-state index >= 15 is 0 Å². The number of hydrogen-bond donors (Lipinski definition) is 1. The van der Waals surface area contributed by atoms with Gasteiger partial charge in [-0.2, -0.15) is 0 Å². The molecule has 1 heterocycles. The number of fused-ring (bicyclic) bond motifs is 1. The number of hydrogen-bond acceptors (Lipinski definition) is 3. The maximum atomic E-state index is 12.9. The molecule has 0 saturated carbocycles. The largest absolute Gasteiger partial charge is 0.497 e. The van der Waals surface area contributed by atoms with Crippen LogP contribution in [-0.4, -0.2) is 13.0 Å². The fourth-order valence-corrected chi connectivity index (χ4v) is 3.05. The molecule has 4 heteroatoms. The van der Waals surface area contributed by atoms with Crippen molar-refractivity contribution in [3.8, 4) is 5.75 Å². The number of methoxy groups -OCH3 is 1. The van der Waals surface area contributed by atoms with Gasteiger partial charge in [0.25, 0.3) is 5.91 Å². The van der Waals surface area contributed by atoms with E-state index in [2.05, 4.69) is 6.58 Å². The first-order chi connectivity index (χ1) is 11.1. The molecule has 1 aliphatic heterocycles. The normalized spacial score (nSPS) is 19.6. The molecule has 1 amide bonds. The first-order valence-corrected chi connectivity index (χ1v) is 7.54. The number of carbonyl (C=O) groups is 1. The number of amides is 1. The van der Waals surface area contributed by atoms with Gasteiger partial charge < -0.3 is 15.4 Å². The lowest BCUT2D eigenvalue weighted by Gasteiger charge is -2.23. The van der Waals surface area contributed by atoms with Crippen molar-refractivity contribution in [2.24, 2.45) is 5.73 Å². The third kappa shape index (κ3) is 2.51. The number of carbonyl (C=O) groups excluding carboxylic acids is 1. The van der Waals surface area contributed by atoms with Gasteiger partial charge in [0.2, 0.25) is 0 Å². The third-order valence-corrected chi connectivity index (χ3v) is 4.27. The van der Waals surface area contributed by atoms with E-state index in [4.69, 9.17) is 10.5 Å². The van der Waals surface area contributed by atoms with Gasteiger partial charge in [-0.05, 0) is 30.2 Å². The van der Waals surface area contributed by atoms with Crippen LogP contribution in [0.4, 0.5) is 5.69 Å². The van der Waals surface area contributed by atoms with Gasteiger partial charge in [-0.3, -0.25) is 4.79 Å². The minimum atomic E-state index is -1.02.